The van der Waals surface area contributed by atoms with Crippen LogP contribution in [0.5, 0.6) is 0 Å². The molecular weight excluding hydrogens is 228 g/mol. The Morgan fingerprint density at radius 3 is 2.82 bits per heavy atom. The first-order chi connectivity index (χ1) is 8.06. The third kappa shape index (κ3) is 3.05. The van der Waals surface area contributed by atoms with Gasteiger partial charge in [-0.05, 0) is 43.0 Å². The number of benzene rings is 1. The van der Waals surface area contributed by atoms with Crippen LogP contribution in [-0.4, -0.2) is 23.0 Å². The number of thiocarbonyl (C=S) groups is 1. The van der Waals surface area contributed by atoms with Crippen molar-refractivity contribution in [3.8, 4) is 0 Å². The molecule has 0 radical (unpaired) electrons. The molecule has 1 unspecified atom stereocenters. The number of hydrogen-bond donors (Lipinski definition) is 1. The van der Waals surface area contributed by atoms with Gasteiger partial charge in [0.25, 0.3) is 0 Å². The molecule has 1 aliphatic rings. The summed E-state index contributed by atoms with van der Waals surface area (Å²) in [4.78, 5) is 3.00. The summed E-state index contributed by atoms with van der Waals surface area (Å²) in [7, 11) is 0. The normalized spacial score (nSPS) is 20.7. The molecule has 0 saturated carbocycles. The van der Waals surface area contributed by atoms with Gasteiger partial charge in [0.05, 0.1) is 0 Å². The van der Waals surface area contributed by atoms with Crippen LogP contribution in [0.15, 0.2) is 18.2 Å². The highest BCUT2D eigenvalue weighted by Gasteiger charge is 2.18. The molecule has 1 aromatic carbocycles. The zero-order valence-electron chi connectivity index (χ0n) is 10.6. The first kappa shape index (κ1) is 12.5. The Kier molecular flexibility index (Phi) is 3.79. The fraction of sp³-hybridized carbons (Fsp3) is 0.500. The quantitative estimate of drug-likeness (QED) is 0.833. The lowest BCUT2D eigenvalue weighted by Gasteiger charge is -2.17. The van der Waals surface area contributed by atoms with Crippen molar-refractivity contribution in [3.63, 3.8) is 0 Å². The van der Waals surface area contributed by atoms with E-state index >= 15 is 0 Å². The minimum atomic E-state index is 0.481. The molecule has 0 aromatic heterocycles. The maximum absolute atomic E-state index is 5.64. The summed E-state index contributed by atoms with van der Waals surface area (Å²) in [6, 6.07) is 6.29. The third-order valence-corrected chi connectivity index (χ3v) is 3.76. The van der Waals surface area contributed by atoms with Gasteiger partial charge in [0.2, 0.25) is 0 Å². The molecule has 3 heteroatoms. The SMILES string of the molecule is Cc1cc(C(N)=S)ccc1CN1CCC(C)C1. The van der Waals surface area contributed by atoms with Crippen LogP contribution in [-0.2, 0) is 6.54 Å². The number of rotatable bonds is 3. The van der Waals surface area contributed by atoms with Crippen LogP contribution >= 0.6 is 12.2 Å². The molecule has 1 atom stereocenters. The van der Waals surface area contributed by atoms with Crippen molar-refractivity contribution in [2.75, 3.05) is 13.1 Å². The van der Waals surface area contributed by atoms with Gasteiger partial charge in [-0.3, -0.25) is 4.90 Å². The number of nitrogens with two attached hydrogens (primary N) is 1. The van der Waals surface area contributed by atoms with Crippen LogP contribution in [0.25, 0.3) is 0 Å². The van der Waals surface area contributed by atoms with Gasteiger partial charge in [-0.25, -0.2) is 0 Å². The van der Waals surface area contributed by atoms with E-state index in [0.29, 0.717) is 4.99 Å². The zero-order chi connectivity index (χ0) is 12.4. The van der Waals surface area contributed by atoms with E-state index in [-0.39, 0.29) is 0 Å². The second-order valence-corrected chi connectivity index (χ2v) is 5.57. The predicted octanol–water partition coefficient (Wildman–Crippen LogP) is 2.47. The molecule has 2 N–H and O–H groups in total. The van der Waals surface area contributed by atoms with Gasteiger partial charge < -0.3 is 5.73 Å². The van der Waals surface area contributed by atoms with Crippen molar-refractivity contribution in [3.05, 3.63) is 34.9 Å². The molecule has 1 saturated heterocycles. The maximum atomic E-state index is 5.64. The molecule has 1 aliphatic heterocycles. The van der Waals surface area contributed by atoms with E-state index in [1.807, 2.05) is 6.07 Å². The van der Waals surface area contributed by atoms with Crippen LogP contribution in [0.4, 0.5) is 0 Å². The average molecular weight is 248 g/mol. The summed E-state index contributed by atoms with van der Waals surface area (Å²) in [5, 5.41) is 0. The van der Waals surface area contributed by atoms with E-state index in [4.69, 9.17) is 18.0 Å². The Labute approximate surface area is 109 Å². The summed E-state index contributed by atoms with van der Waals surface area (Å²) >= 11 is 4.99. The van der Waals surface area contributed by atoms with Crippen molar-refractivity contribution in [1.82, 2.24) is 4.90 Å². The Hall–Kier alpha value is -0.930. The number of aryl methyl sites for hydroxylation is 1. The smallest absolute Gasteiger partial charge is 0.103 e. The molecule has 1 fully saturated rings. The van der Waals surface area contributed by atoms with E-state index in [1.165, 1.54) is 30.6 Å². The number of nitrogens with zero attached hydrogens (tertiary/aromatic N) is 1. The molecule has 0 aliphatic carbocycles. The lowest BCUT2D eigenvalue weighted by atomic mass is 10.0. The van der Waals surface area contributed by atoms with Crippen LogP contribution in [0.3, 0.4) is 0 Å². The molecule has 0 spiro atoms. The topological polar surface area (TPSA) is 29.3 Å². The van der Waals surface area contributed by atoms with E-state index in [2.05, 4.69) is 30.9 Å². The highest BCUT2D eigenvalue weighted by molar-refractivity contribution is 7.80. The Bertz CT molecular complexity index is 428. The summed E-state index contributed by atoms with van der Waals surface area (Å²) in [5.74, 6) is 0.839. The number of likely N-dealkylation sites (tertiary alicyclic amines) is 1. The molecule has 0 bridgehead atoms. The largest absolute Gasteiger partial charge is 0.389 e. The summed E-state index contributed by atoms with van der Waals surface area (Å²) in [5.41, 5.74) is 9.28. The minimum absolute atomic E-state index is 0.481. The summed E-state index contributed by atoms with van der Waals surface area (Å²) < 4.78 is 0. The van der Waals surface area contributed by atoms with Crippen molar-refractivity contribution >= 4 is 17.2 Å². The Morgan fingerprint density at radius 1 is 1.53 bits per heavy atom. The highest BCUT2D eigenvalue weighted by Crippen LogP contribution is 2.20. The second kappa shape index (κ2) is 5.15. The Balaban J connectivity index is 2.09. The lowest BCUT2D eigenvalue weighted by Crippen LogP contribution is -2.20. The van der Waals surface area contributed by atoms with Gasteiger partial charge >= 0.3 is 0 Å². The highest BCUT2D eigenvalue weighted by atomic mass is 32.1. The first-order valence-corrected chi connectivity index (χ1v) is 6.59. The van der Waals surface area contributed by atoms with Crippen molar-refractivity contribution in [2.45, 2.75) is 26.8 Å². The Morgan fingerprint density at radius 2 is 2.29 bits per heavy atom. The summed E-state index contributed by atoms with van der Waals surface area (Å²) in [6.45, 7) is 7.95. The van der Waals surface area contributed by atoms with Gasteiger partial charge in [-0.1, -0.05) is 31.3 Å². The molecule has 2 nitrogen and oxygen atoms in total. The van der Waals surface area contributed by atoms with Gasteiger partial charge in [-0.15, -0.1) is 0 Å². The molecule has 17 heavy (non-hydrogen) atoms. The monoisotopic (exact) mass is 248 g/mol. The third-order valence-electron chi connectivity index (χ3n) is 3.53. The minimum Gasteiger partial charge on any atom is -0.389 e. The van der Waals surface area contributed by atoms with Crippen molar-refractivity contribution in [1.29, 1.82) is 0 Å². The van der Waals surface area contributed by atoms with E-state index in [1.54, 1.807) is 0 Å². The van der Waals surface area contributed by atoms with Crippen molar-refractivity contribution < 1.29 is 0 Å². The van der Waals surface area contributed by atoms with Crippen LogP contribution in [0.1, 0.15) is 30.0 Å². The zero-order valence-corrected chi connectivity index (χ0v) is 11.4. The maximum Gasteiger partial charge on any atom is 0.103 e. The van der Waals surface area contributed by atoms with E-state index in [0.717, 1.165) is 18.0 Å². The van der Waals surface area contributed by atoms with Gasteiger partial charge in [-0.2, -0.15) is 0 Å². The molecule has 1 aromatic rings. The van der Waals surface area contributed by atoms with E-state index < -0.39 is 0 Å². The molecule has 1 heterocycles. The first-order valence-electron chi connectivity index (χ1n) is 6.18. The lowest BCUT2D eigenvalue weighted by molar-refractivity contribution is 0.319. The van der Waals surface area contributed by atoms with Gasteiger partial charge in [0.1, 0.15) is 4.99 Å². The predicted molar refractivity (Wildman–Crippen MR) is 76.1 cm³/mol. The molecule has 0 amide bonds. The fourth-order valence-electron chi connectivity index (χ4n) is 2.44. The average Bonchev–Trinajstić information content (AvgIpc) is 2.67. The van der Waals surface area contributed by atoms with Crippen LogP contribution in [0.2, 0.25) is 0 Å². The molecule has 92 valence electrons. The molecular formula is C14H20N2S. The van der Waals surface area contributed by atoms with Crippen molar-refractivity contribution in [2.24, 2.45) is 11.7 Å². The second-order valence-electron chi connectivity index (χ2n) is 5.13. The van der Waals surface area contributed by atoms with Gasteiger partial charge in [0.15, 0.2) is 0 Å². The van der Waals surface area contributed by atoms with Gasteiger partial charge in [0, 0.05) is 18.7 Å². The number of hydrogen-bond acceptors (Lipinski definition) is 2. The fourth-order valence-corrected chi connectivity index (χ4v) is 2.56. The summed E-state index contributed by atoms with van der Waals surface area (Å²) in [6.07, 6.45) is 1.32. The molecule has 2 rings (SSSR count). The van der Waals surface area contributed by atoms with Crippen LogP contribution in [0, 0.1) is 12.8 Å². The van der Waals surface area contributed by atoms with Crippen LogP contribution < -0.4 is 5.73 Å². The standard InChI is InChI=1S/C14H20N2S/c1-10-5-6-16(8-10)9-13-4-3-12(14(15)17)7-11(13)2/h3-4,7,10H,5-6,8-9H2,1-2H3,(H2,15,17). The van der Waals surface area contributed by atoms with E-state index in [9.17, 15) is 0 Å².